The maximum absolute atomic E-state index is 15.5. The summed E-state index contributed by atoms with van der Waals surface area (Å²) in [7, 11) is 1.52. The summed E-state index contributed by atoms with van der Waals surface area (Å²) in [5.41, 5.74) is 23.0. The van der Waals surface area contributed by atoms with Gasteiger partial charge in [-0.1, -0.05) is 146 Å². The van der Waals surface area contributed by atoms with Crippen LogP contribution in [0.2, 0.25) is 0 Å². The Kier molecular flexibility index (Phi) is 15.4. The highest BCUT2D eigenvalue weighted by molar-refractivity contribution is 5.94. The van der Waals surface area contributed by atoms with Gasteiger partial charge in [-0.15, -0.1) is 5.92 Å². The van der Waals surface area contributed by atoms with Crippen LogP contribution in [0.25, 0.3) is 45.6 Å². The number of phenols is 1. The van der Waals surface area contributed by atoms with Gasteiger partial charge in [-0.05, 0) is 125 Å². The van der Waals surface area contributed by atoms with Crippen LogP contribution in [-0.2, 0) is 23.7 Å². The monoisotopic (exact) mass is 1220 g/mol. The Balaban J connectivity index is 1.03. The number of H-pyrrole nitrogens is 1. The molecule has 14 heteroatoms. The van der Waals surface area contributed by atoms with Gasteiger partial charge < -0.3 is 60.6 Å². The number of nitrogens with one attached hydrogen (secondary N) is 2. The van der Waals surface area contributed by atoms with Gasteiger partial charge in [0.25, 0.3) is 0 Å². The number of nitrogens with zero attached hydrogens (tertiary/aromatic N) is 2. The molecule has 466 valence electrons. The van der Waals surface area contributed by atoms with E-state index in [4.69, 9.17) is 35.1 Å². The van der Waals surface area contributed by atoms with E-state index >= 15 is 4.79 Å². The highest BCUT2D eigenvalue weighted by Gasteiger charge is 2.62. The van der Waals surface area contributed by atoms with E-state index in [0.29, 0.717) is 48.7 Å². The molecule has 6 aromatic carbocycles. The van der Waals surface area contributed by atoms with Gasteiger partial charge in [-0.3, -0.25) is 4.79 Å². The van der Waals surface area contributed by atoms with E-state index in [9.17, 15) is 15.3 Å². The lowest BCUT2D eigenvalue weighted by atomic mass is 9.62. The van der Waals surface area contributed by atoms with Crippen molar-refractivity contribution in [3.05, 3.63) is 200 Å². The number of allylic oxidation sites excluding steroid dienone is 1. The number of guanidine groups is 1. The van der Waals surface area contributed by atoms with Gasteiger partial charge in [0.05, 0.1) is 55.7 Å². The van der Waals surface area contributed by atoms with Gasteiger partial charge in [0.15, 0.2) is 28.5 Å². The highest BCUT2D eigenvalue weighted by Crippen LogP contribution is 2.63. The first-order valence-corrected chi connectivity index (χ1v) is 32.5. The number of ether oxygens (including phenoxy) is 3. The van der Waals surface area contributed by atoms with E-state index in [-0.39, 0.29) is 95.1 Å². The quantitative estimate of drug-likeness (QED) is 0.0387. The maximum Gasteiger partial charge on any atom is 0.204 e. The third-order valence-electron chi connectivity index (χ3n) is 21.2. The van der Waals surface area contributed by atoms with E-state index in [1.165, 1.54) is 30.0 Å². The molecule has 92 heavy (non-hydrogen) atoms. The van der Waals surface area contributed by atoms with Crippen molar-refractivity contribution in [3.63, 3.8) is 0 Å². The molecule has 3 aliphatic carbocycles. The Labute approximate surface area is 536 Å². The molecule has 0 radical (unpaired) electrons. The molecule has 2 aromatic heterocycles. The summed E-state index contributed by atoms with van der Waals surface area (Å²) < 4.78 is 27.8. The molecule has 7 heterocycles. The van der Waals surface area contributed by atoms with Crippen LogP contribution in [0.4, 0.5) is 11.5 Å². The standard InChI is InChI=1S/C78H76N6O8/c1-77-33-10-17-54(77)16-9-19-62-59-30-24-49-14-6-7-18-58(49)61(59)43-78(62)55-26-21-52(64(40-55)82-76(79)80)39-48(44-85)45-91-71-68(53-25-31-63-74(78)84(35-34-81-63)75-60(41-67(77)83-75)51-15-8-13-47(37-51)38-53)70-69(65(88)42-66(92-70)50-22-28-56(86)29-23-50)72(73(71)89-2)90-36-32-57(87)27-20-46-11-4-3-5-12-46/h3-8,11-15,18,20-24,26-30,37,40-42,48,53-54,57,59,61-63,74,81,83,85-87H,10,16-17,32-36,38-39,43-45H2,1-2H3,(H4,79,80,82). The lowest BCUT2D eigenvalue weighted by Gasteiger charge is -2.53. The summed E-state index contributed by atoms with van der Waals surface area (Å²) in [4.78, 5) is 27.3. The Morgan fingerprint density at radius 2 is 1.78 bits per heavy atom. The van der Waals surface area contributed by atoms with Gasteiger partial charge in [-0.25, -0.2) is 4.99 Å². The molecule has 10 bridgehead atoms. The lowest BCUT2D eigenvalue weighted by Crippen LogP contribution is -2.67. The van der Waals surface area contributed by atoms with Crippen molar-refractivity contribution in [2.24, 2.45) is 40.1 Å². The number of fused-ring (bicyclic) bond motifs is 16. The number of rotatable bonds is 10. The van der Waals surface area contributed by atoms with Crippen LogP contribution in [0.5, 0.6) is 23.0 Å². The van der Waals surface area contributed by atoms with Crippen LogP contribution in [0, 0.1) is 47.4 Å². The van der Waals surface area contributed by atoms with Crippen LogP contribution in [-0.4, -0.2) is 84.5 Å². The average molecular weight is 1230 g/mol. The molecule has 8 aromatic rings. The van der Waals surface area contributed by atoms with Crippen LogP contribution in [0.1, 0.15) is 102 Å². The minimum absolute atomic E-state index is 0.0178. The van der Waals surface area contributed by atoms with Crippen molar-refractivity contribution in [1.29, 1.82) is 0 Å². The fourth-order valence-electron chi connectivity index (χ4n) is 16.6. The second-order valence-corrected chi connectivity index (χ2v) is 26.4. The van der Waals surface area contributed by atoms with E-state index in [0.717, 1.165) is 71.3 Å². The first kappa shape index (κ1) is 58.9. The number of aromatic amines is 1. The second-order valence-electron chi connectivity index (χ2n) is 26.4. The molecular formula is C78H76N6O8. The minimum atomic E-state index is -0.906. The Morgan fingerprint density at radius 3 is 2.62 bits per heavy atom. The van der Waals surface area contributed by atoms with Gasteiger partial charge in [0, 0.05) is 78.1 Å². The van der Waals surface area contributed by atoms with Crippen LogP contribution < -0.4 is 41.3 Å². The van der Waals surface area contributed by atoms with E-state index in [2.05, 4.69) is 131 Å². The van der Waals surface area contributed by atoms with E-state index in [1.807, 2.05) is 36.4 Å². The van der Waals surface area contributed by atoms with Crippen molar-refractivity contribution in [2.75, 3.05) is 44.9 Å². The van der Waals surface area contributed by atoms with Crippen LogP contribution >= 0.6 is 0 Å². The number of aliphatic imine (C=N–C) groups is 1. The normalized spacial score (nSPS) is 25.9. The van der Waals surface area contributed by atoms with Crippen LogP contribution in [0.15, 0.2) is 160 Å². The molecule has 2 saturated carbocycles. The number of aliphatic hydroxyl groups excluding tert-OH is 2. The predicted octanol–water partition coefficient (Wildman–Crippen LogP) is 11.8. The third-order valence-corrected chi connectivity index (χ3v) is 21.2. The zero-order chi connectivity index (χ0) is 62.8. The SMILES string of the molecule is COc1c2c(c3oc(-c4ccc(O)cc4)cc(=O)c3c1OCCC(O)C=Cc1ccccc1)C1C#CC3NCCN4c5[nH]c(cc5-c5cccc(c5)C1)C1(C)CCCC1CC#CC1C5C=Cc6ccccc6C5CC1(c1ccc(c(N=C(N)N)c1)CC(CO)CO2)C34. The maximum atomic E-state index is 15.5. The number of aliphatic hydroxyl groups is 2. The summed E-state index contributed by atoms with van der Waals surface area (Å²) in [6, 6.07) is 43.4. The topological polar surface area (TPSA) is 214 Å². The third kappa shape index (κ3) is 10.3. The van der Waals surface area contributed by atoms with Crippen molar-refractivity contribution >= 4 is 40.6 Å². The molecule has 11 atom stereocenters. The molecule has 16 rings (SSSR count). The number of phenolic OH excluding ortho intramolecular Hbond substituents is 1. The van der Waals surface area contributed by atoms with Gasteiger partial charge >= 0.3 is 0 Å². The number of hydrogen-bond acceptors (Lipinski definition) is 11. The first-order valence-electron chi connectivity index (χ1n) is 32.5. The van der Waals surface area contributed by atoms with Crippen LogP contribution in [0.3, 0.4) is 0 Å². The summed E-state index contributed by atoms with van der Waals surface area (Å²) in [6.07, 6.45) is 12.9. The van der Waals surface area contributed by atoms with Crippen molar-refractivity contribution in [2.45, 2.75) is 99.1 Å². The fraction of sp³-hybridized carbons (Fsp3) is 0.333. The summed E-state index contributed by atoms with van der Waals surface area (Å²) in [5.74, 6) is 16.7. The number of methoxy groups -OCH3 is 1. The molecular weight excluding hydrogens is 1150 g/mol. The minimum Gasteiger partial charge on any atom is -0.508 e. The molecule has 0 amide bonds. The van der Waals surface area contributed by atoms with Gasteiger partial charge in [0.1, 0.15) is 22.7 Å². The number of anilines is 1. The first-order chi connectivity index (χ1) is 44.9. The molecule has 5 aliphatic heterocycles. The largest absolute Gasteiger partial charge is 0.508 e. The summed E-state index contributed by atoms with van der Waals surface area (Å²) >= 11 is 0. The van der Waals surface area contributed by atoms with Crippen molar-refractivity contribution in [3.8, 4) is 69.1 Å². The molecule has 1 spiro atoms. The number of aromatic nitrogens is 1. The Hall–Kier alpha value is -9.44. The zero-order valence-corrected chi connectivity index (χ0v) is 51.8. The molecule has 1 saturated heterocycles. The average Bonchev–Trinajstić information content (AvgIpc) is 1.49. The van der Waals surface area contributed by atoms with E-state index < -0.39 is 40.9 Å². The lowest BCUT2D eigenvalue weighted by molar-refractivity contribution is 0.156. The Morgan fingerprint density at radius 1 is 0.935 bits per heavy atom. The van der Waals surface area contributed by atoms with E-state index in [1.54, 1.807) is 30.3 Å². The summed E-state index contributed by atoms with van der Waals surface area (Å²) in [6.45, 7) is 3.32. The number of piperazine rings is 1. The fourth-order valence-corrected chi connectivity index (χ4v) is 16.6. The summed E-state index contributed by atoms with van der Waals surface area (Å²) in [5, 5.41) is 37.7. The molecule has 14 nitrogen and oxygen atoms in total. The second kappa shape index (κ2) is 24.0. The van der Waals surface area contributed by atoms with Gasteiger partial charge in [-0.2, -0.15) is 0 Å². The number of benzene rings is 6. The molecule has 11 unspecified atom stereocenters. The highest BCUT2D eigenvalue weighted by atomic mass is 16.5. The molecule has 8 aliphatic rings. The Bertz CT molecular complexity index is 4470. The van der Waals surface area contributed by atoms with Crippen molar-refractivity contribution in [1.82, 2.24) is 10.3 Å². The molecule has 9 N–H and O–H groups in total. The number of hydrogen-bond donors (Lipinski definition) is 7. The zero-order valence-electron chi connectivity index (χ0n) is 51.8. The number of aromatic hydroxyl groups is 1. The number of nitrogens with two attached hydrogens (primary N) is 2. The van der Waals surface area contributed by atoms with Crippen molar-refractivity contribution < 1.29 is 33.9 Å². The smallest absolute Gasteiger partial charge is 0.204 e. The predicted molar refractivity (Wildman–Crippen MR) is 361 cm³/mol. The van der Waals surface area contributed by atoms with Gasteiger partial charge in [0.2, 0.25) is 5.75 Å². The molecule has 3 fully saturated rings.